The summed E-state index contributed by atoms with van der Waals surface area (Å²) in [5, 5.41) is 2.49. The van der Waals surface area contributed by atoms with E-state index in [0.29, 0.717) is 5.69 Å². The molecule has 1 aromatic heterocycles. The average Bonchev–Trinajstić information content (AvgIpc) is 2.47. The number of nitrogens with two attached hydrogens (primary N) is 1. The van der Waals surface area contributed by atoms with Gasteiger partial charge in [0, 0.05) is 18.3 Å². The summed E-state index contributed by atoms with van der Waals surface area (Å²) in [5.74, 6) is 3.64. The number of rotatable bonds is 4. The zero-order valence-electron chi connectivity index (χ0n) is 10.4. The second kappa shape index (κ2) is 6.07. The molecule has 0 radical (unpaired) electrons. The molecule has 7 heteroatoms. The summed E-state index contributed by atoms with van der Waals surface area (Å²) in [6.45, 7) is -0.130. The minimum Gasteiger partial charge on any atom is -0.348 e. The van der Waals surface area contributed by atoms with Gasteiger partial charge in [0.05, 0.1) is 17.4 Å². The smallest absolute Gasteiger partial charge is 0.253 e. The van der Waals surface area contributed by atoms with Crippen LogP contribution < -0.4 is 16.6 Å². The largest absolute Gasteiger partial charge is 0.348 e. The van der Waals surface area contributed by atoms with Crippen LogP contribution in [0.2, 0.25) is 0 Å². The Labute approximate surface area is 113 Å². The maximum atomic E-state index is 13.4. The molecule has 1 aromatic carbocycles. The molecule has 5 nitrogen and oxygen atoms in total. The summed E-state index contributed by atoms with van der Waals surface area (Å²) in [6, 6.07) is 4.52. The Hall–Kier alpha value is -2.54. The number of hydrazine groups is 1. The molecule has 4 N–H and O–H groups in total. The Bertz CT molecular complexity index is 634. The molecule has 1 heterocycles. The number of nitrogens with one attached hydrogen (secondary N) is 2. The molecular weight excluding hydrogens is 266 g/mol. The molecular formula is C13H12F2N4O. The fourth-order valence-electron chi connectivity index (χ4n) is 1.66. The van der Waals surface area contributed by atoms with Crippen LogP contribution in [0.5, 0.6) is 0 Å². The molecule has 0 saturated carbocycles. The third-order valence-corrected chi connectivity index (χ3v) is 2.67. The summed E-state index contributed by atoms with van der Waals surface area (Å²) < 4.78 is 26.4. The number of benzene rings is 1. The maximum absolute atomic E-state index is 13.4. The first kappa shape index (κ1) is 13.9. The second-order valence-corrected chi connectivity index (χ2v) is 3.98. The predicted molar refractivity (Wildman–Crippen MR) is 69.6 cm³/mol. The molecule has 0 atom stereocenters. The number of hydrogen-bond donors (Lipinski definition) is 3. The highest BCUT2D eigenvalue weighted by Gasteiger charge is 2.11. The van der Waals surface area contributed by atoms with Crippen LogP contribution in [0.1, 0.15) is 15.9 Å². The number of nitrogen functional groups attached to an aromatic ring is 1. The number of hydrogen-bond acceptors (Lipinski definition) is 4. The maximum Gasteiger partial charge on any atom is 0.253 e. The van der Waals surface area contributed by atoms with Crippen LogP contribution in [0.15, 0.2) is 36.7 Å². The van der Waals surface area contributed by atoms with Gasteiger partial charge in [0.25, 0.3) is 5.91 Å². The standard InChI is InChI=1S/C13H12F2N4O/c14-9-1-2-11(15)8(5-9)6-18-13(20)10-3-4-17-7-12(10)19-16/h1-5,7,19H,6,16H2,(H,18,20). The Morgan fingerprint density at radius 2 is 2.10 bits per heavy atom. The normalized spacial score (nSPS) is 10.2. The number of pyridine rings is 1. The number of carbonyl (C=O) groups excluding carboxylic acids is 1. The zero-order valence-corrected chi connectivity index (χ0v) is 10.4. The third-order valence-electron chi connectivity index (χ3n) is 2.67. The fourth-order valence-corrected chi connectivity index (χ4v) is 1.66. The lowest BCUT2D eigenvalue weighted by Crippen LogP contribution is -2.25. The monoisotopic (exact) mass is 278 g/mol. The molecule has 104 valence electrons. The molecule has 0 aliphatic heterocycles. The van der Waals surface area contributed by atoms with Crippen molar-refractivity contribution in [2.75, 3.05) is 5.43 Å². The van der Waals surface area contributed by atoms with Gasteiger partial charge < -0.3 is 10.7 Å². The number of carbonyl (C=O) groups is 1. The van der Waals surface area contributed by atoms with Crippen molar-refractivity contribution in [1.29, 1.82) is 0 Å². The van der Waals surface area contributed by atoms with Gasteiger partial charge in [-0.2, -0.15) is 0 Å². The summed E-state index contributed by atoms with van der Waals surface area (Å²) in [7, 11) is 0. The summed E-state index contributed by atoms with van der Waals surface area (Å²) in [5.41, 5.74) is 3.00. The Balaban J connectivity index is 2.11. The van der Waals surface area contributed by atoms with E-state index >= 15 is 0 Å². The molecule has 20 heavy (non-hydrogen) atoms. The van der Waals surface area contributed by atoms with Crippen molar-refractivity contribution in [2.24, 2.45) is 5.84 Å². The second-order valence-electron chi connectivity index (χ2n) is 3.98. The van der Waals surface area contributed by atoms with Gasteiger partial charge in [0.1, 0.15) is 11.6 Å². The predicted octanol–water partition coefficient (Wildman–Crippen LogP) is 1.58. The van der Waals surface area contributed by atoms with Crippen molar-refractivity contribution in [3.63, 3.8) is 0 Å². The number of amides is 1. The van der Waals surface area contributed by atoms with Crippen molar-refractivity contribution >= 4 is 11.6 Å². The van der Waals surface area contributed by atoms with Gasteiger partial charge in [-0.1, -0.05) is 0 Å². The number of halogens is 2. The topological polar surface area (TPSA) is 80.0 Å². The molecule has 0 saturated heterocycles. The quantitative estimate of drug-likeness (QED) is 0.586. The summed E-state index contributed by atoms with van der Waals surface area (Å²) >= 11 is 0. The average molecular weight is 278 g/mol. The highest BCUT2D eigenvalue weighted by atomic mass is 19.1. The number of aromatic nitrogens is 1. The van der Waals surface area contributed by atoms with E-state index in [-0.39, 0.29) is 17.7 Å². The van der Waals surface area contributed by atoms with E-state index in [1.54, 1.807) is 0 Å². The minimum atomic E-state index is -0.585. The van der Waals surface area contributed by atoms with Gasteiger partial charge in [0.2, 0.25) is 0 Å². The zero-order chi connectivity index (χ0) is 14.5. The van der Waals surface area contributed by atoms with Crippen molar-refractivity contribution < 1.29 is 13.6 Å². The van der Waals surface area contributed by atoms with E-state index in [1.165, 1.54) is 18.5 Å². The SMILES string of the molecule is NNc1cnccc1C(=O)NCc1cc(F)ccc1F. The number of nitrogens with zero attached hydrogens (tertiary/aromatic N) is 1. The highest BCUT2D eigenvalue weighted by Crippen LogP contribution is 2.13. The summed E-state index contributed by atoms with van der Waals surface area (Å²) in [4.78, 5) is 15.8. The van der Waals surface area contributed by atoms with E-state index in [0.717, 1.165) is 18.2 Å². The minimum absolute atomic E-state index is 0.0645. The van der Waals surface area contributed by atoms with Crippen molar-refractivity contribution in [3.8, 4) is 0 Å². The van der Waals surface area contributed by atoms with Gasteiger partial charge in [0.15, 0.2) is 0 Å². The molecule has 0 aliphatic carbocycles. The van der Waals surface area contributed by atoms with E-state index < -0.39 is 17.5 Å². The van der Waals surface area contributed by atoms with Crippen molar-refractivity contribution in [3.05, 3.63) is 59.4 Å². The molecule has 2 aromatic rings. The highest BCUT2D eigenvalue weighted by molar-refractivity contribution is 5.99. The first-order valence-electron chi connectivity index (χ1n) is 5.74. The van der Waals surface area contributed by atoms with Crippen LogP contribution in [0.25, 0.3) is 0 Å². The Kier molecular flexibility index (Phi) is 4.21. The molecule has 0 bridgehead atoms. The van der Waals surface area contributed by atoms with Crippen molar-refractivity contribution in [2.45, 2.75) is 6.54 Å². The Morgan fingerprint density at radius 3 is 2.85 bits per heavy atom. The van der Waals surface area contributed by atoms with Gasteiger partial charge in [-0.25, -0.2) is 8.78 Å². The lowest BCUT2D eigenvalue weighted by molar-refractivity contribution is 0.0951. The van der Waals surface area contributed by atoms with E-state index in [1.807, 2.05) is 0 Å². The Morgan fingerprint density at radius 1 is 1.30 bits per heavy atom. The van der Waals surface area contributed by atoms with Crippen LogP contribution in [-0.2, 0) is 6.54 Å². The van der Waals surface area contributed by atoms with Gasteiger partial charge in [-0.05, 0) is 24.3 Å². The van der Waals surface area contributed by atoms with E-state index in [9.17, 15) is 13.6 Å². The molecule has 0 unspecified atom stereocenters. The van der Waals surface area contributed by atoms with Crippen LogP contribution >= 0.6 is 0 Å². The fraction of sp³-hybridized carbons (Fsp3) is 0.0769. The van der Waals surface area contributed by atoms with Crippen LogP contribution in [-0.4, -0.2) is 10.9 Å². The van der Waals surface area contributed by atoms with Crippen LogP contribution in [0, 0.1) is 11.6 Å². The lowest BCUT2D eigenvalue weighted by Gasteiger charge is -2.09. The van der Waals surface area contributed by atoms with E-state index in [2.05, 4.69) is 15.7 Å². The van der Waals surface area contributed by atoms with Gasteiger partial charge >= 0.3 is 0 Å². The molecule has 0 fully saturated rings. The first-order valence-corrected chi connectivity index (χ1v) is 5.74. The molecule has 0 aliphatic rings. The van der Waals surface area contributed by atoms with Gasteiger partial charge in [-0.15, -0.1) is 0 Å². The van der Waals surface area contributed by atoms with Gasteiger partial charge in [-0.3, -0.25) is 15.6 Å². The summed E-state index contributed by atoms with van der Waals surface area (Å²) in [6.07, 6.45) is 2.82. The van der Waals surface area contributed by atoms with E-state index in [4.69, 9.17) is 5.84 Å². The molecule has 2 rings (SSSR count). The molecule has 0 spiro atoms. The van der Waals surface area contributed by atoms with Crippen molar-refractivity contribution in [1.82, 2.24) is 10.3 Å². The van der Waals surface area contributed by atoms with Crippen LogP contribution in [0.3, 0.4) is 0 Å². The third kappa shape index (κ3) is 3.07. The lowest BCUT2D eigenvalue weighted by atomic mass is 10.2. The number of anilines is 1. The first-order chi connectivity index (χ1) is 9.61. The molecule has 1 amide bonds. The van der Waals surface area contributed by atoms with Crippen LogP contribution in [0.4, 0.5) is 14.5 Å².